The van der Waals surface area contributed by atoms with Crippen LogP contribution in [0.5, 0.6) is 5.75 Å². The van der Waals surface area contributed by atoms with Crippen molar-refractivity contribution >= 4 is 7.94 Å². The van der Waals surface area contributed by atoms with Crippen LogP contribution in [0, 0.1) is 5.92 Å². The van der Waals surface area contributed by atoms with E-state index >= 15 is 0 Å². The van der Waals surface area contributed by atoms with E-state index in [1.165, 1.54) is 24.8 Å². The number of hydrogen-bond acceptors (Lipinski definition) is 3. The zero-order valence-electron chi connectivity index (χ0n) is 19.6. The average molecular weight is 413 g/mol. The van der Waals surface area contributed by atoms with E-state index < -0.39 is 7.94 Å². The molecule has 0 aromatic heterocycles. The van der Waals surface area contributed by atoms with E-state index in [1.54, 1.807) is 0 Å². The van der Waals surface area contributed by atoms with Gasteiger partial charge in [0.15, 0.2) is 0 Å². The van der Waals surface area contributed by atoms with Crippen molar-refractivity contribution in [2.24, 2.45) is 5.92 Å². The topological polar surface area (TPSA) is 49.7 Å². The summed E-state index contributed by atoms with van der Waals surface area (Å²) in [6.07, 6.45) is 7.14. The molecule has 1 aromatic rings. The molecule has 0 unspecified atom stereocenters. The second-order valence-corrected chi connectivity index (χ2v) is 12.9. The van der Waals surface area contributed by atoms with Crippen LogP contribution in [0.1, 0.15) is 105 Å². The molecule has 1 rings (SSSR count). The Bertz CT molecular complexity index is 595. The van der Waals surface area contributed by atoms with Crippen molar-refractivity contribution in [1.29, 1.82) is 0 Å². The summed E-state index contributed by atoms with van der Waals surface area (Å²) in [5, 5.41) is 0. The monoisotopic (exact) mass is 412 g/mol. The van der Waals surface area contributed by atoms with Gasteiger partial charge < -0.3 is 0 Å². The van der Waals surface area contributed by atoms with Gasteiger partial charge in [0.1, 0.15) is 0 Å². The normalized spacial score (nSPS) is 13.8. The van der Waals surface area contributed by atoms with Crippen molar-refractivity contribution in [2.45, 2.75) is 105 Å². The van der Waals surface area contributed by atoms with Gasteiger partial charge in [-0.25, -0.2) is 0 Å². The molecule has 0 bridgehead atoms. The second-order valence-electron chi connectivity index (χ2n) is 10.7. The van der Waals surface area contributed by atoms with E-state index in [0.717, 1.165) is 30.7 Å². The number of unbranched alkanes of at least 4 members (excludes halogenated alkanes) is 4. The quantitative estimate of drug-likeness (QED) is 0.317. The van der Waals surface area contributed by atoms with E-state index in [1.807, 2.05) is 12.1 Å². The van der Waals surface area contributed by atoms with Crippen LogP contribution in [0.4, 0.5) is 0 Å². The molecule has 1 aromatic carbocycles. The fourth-order valence-corrected chi connectivity index (χ4v) is 5.02. The first-order valence-corrected chi connectivity index (χ1v) is 13.0. The molecule has 0 aliphatic rings. The minimum absolute atomic E-state index is 0.0346. The van der Waals surface area contributed by atoms with Crippen molar-refractivity contribution in [3.05, 3.63) is 29.3 Å². The van der Waals surface area contributed by atoms with Crippen LogP contribution < -0.4 is 4.52 Å². The first-order chi connectivity index (χ1) is 12.7. The summed E-state index contributed by atoms with van der Waals surface area (Å²) in [6.45, 7) is 17.5. The van der Waals surface area contributed by atoms with Gasteiger partial charge in [-0.3, -0.25) is 0 Å². The van der Waals surface area contributed by atoms with Crippen molar-refractivity contribution in [2.75, 3.05) is 6.16 Å². The van der Waals surface area contributed by atoms with Crippen molar-refractivity contribution in [3.8, 4) is 5.75 Å². The zero-order chi connectivity index (χ0) is 21.6. The van der Waals surface area contributed by atoms with Gasteiger partial charge in [0.2, 0.25) is 0 Å². The molecule has 0 fully saturated rings. The molecule has 0 atom stereocenters. The van der Waals surface area contributed by atoms with Gasteiger partial charge in [-0.2, -0.15) is 0 Å². The van der Waals surface area contributed by atoms with Crippen molar-refractivity contribution < 1.29 is 14.3 Å². The van der Waals surface area contributed by atoms with E-state index in [0.29, 0.717) is 11.9 Å². The van der Waals surface area contributed by atoms with Crippen LogP contribution in [0.2, 0.25) is 0 Å². The van der Waals surface area contributed by atoms with Gasteiger partial charge in [-0.1, -0.05) is 0 Å². The molecule has 4 heteroatoms. The molecular weight excluding hydrogens is 367 g/mol. The molecule has 3 nitrogen and oxygen atoms in total. The Morgan fingerprint density at radius 3 is 1.96 bits per heavy atom. The Labute approximate surface area is 174 Å². The van der Waals surface area contributed by atoms with Crippen molar-refractivity contribution in [1.82, 2.24) is 0 Å². The molecule has 0 amide bonds. The number of rotatable bonds is 10. The summed E-state index contributed by atoms with van der Waals surface area (Å²) in [5.41, 5.74) is 2.11. The summed E-state index contributed by atoms with van der Waals surface area (Å²) in [5.74, 6) is 1.40. The third-order valence-electron chi connectivity index (χ3n) is 5.14. The molecule has 0 heterocycles. The van der Waals surface area contributed by atoms with Crippen LogP contribution in [-0.4, -0.2) is 15.9 Å². The fourth-order valence-electron chi connectivity index (χ4n) is 3.68. The molecule has 0 spiro atoms. The summed E-state index contributed by atoms with van der Waals surface area (Å²) in [7, 11) is -3.72. The third-order valence-corrected chi connectivity index (χ3v) is 6.69. The van der Waals surface area contributed by atoms with E-state index in [9.17, 15) is 9.79 Å². The Kier molecular flexibility index (Phi) is 9.45. The summed E-state index contributed by atoms with van der Waals surface area (Å²) >= 11 is 0. The maximum absolute atomic E-state index is 10.6. The molecule has 0 aliphatic carbocycles. The molecule has 164 valence electrons. The van der Waals surface area contributed by atoms with Crippen LogP contribution >= 0.6 is 7.94 Å². The Morgan fingerprint density at radius 2 is 1.43 bits per heavy atom. The van der Waals surface area contributed by atoms with Gasteiger partial charge in [0.25, 0.3) is 0 Å². The van der Waals surface area contributed by atoms with Crippen LogP contribution in [0.25, 0.3) is 0 Å². The Hall–Kier alpha value is -0.630. The standard InChI is InChI=1S/C24H45O3P/c1-19(2)15-12-10-9-11-13-18-28(25,26)27-21-17-14-16-20(23(3,4)5)22(21)24(6,7)8/h14,16-17,19,25-26,28H,9-13,15,18H2,1-8H3. The predicted octanol–water partition coefficient (Wildman–Crippen LogP) is 7.14. The molecule has 28 heavy (non-hydrogen) atoms. The predicted molar refractivity (Wildman–Crippen MR) is 125 cm³/mol. The van der Waals surface area contributed by atoms with Gasteiger partial charge in [0, 0.05) is 0 Å². The molecule has 0 aliphatic heterocycles. The fraction of sp³-hybridized carbons (Fsp3) is 0.750. The van der Waals surface area contributed by atoms with Gasteiger partial charge in [0.05, 0.1) is 0 Å². The number of hydrogen-bond donors (Lipinski definition) is 2. The third kappa shape index (κ3) is 8.80. The van der Waals surface area contributed by atoms with Crippen LogP contribution in [0.15, 0.2) is 18.2 Å². The average Bonchev–Trinajstić information content (AvgIpc) is 2.51. The van der Waals surface area contributed by atoms with E-state index in [-0.39, 0.29) is 10.8 Å². The first-order valence-electron chi connectivity index (χ1n) is 11.0. The second kappa shape index (κ2) is 10.4. The van der Waals surface area contributed by atoms with E-state index in [2.05, 4.69) is 61.5 Å². The Morgan fingerprint density at radius 1 is 0.857 bits per heavy atom. The molecule has 2 N–H and O–H groups in total. The number of benzene rings is 1. The molecular formula is C24H45O3P. The van der Waals surface area contributed by atoms with Crippen molar-refractivity contribution in [3.63, 3.8) is 0 Å². The van der Waals surface area contributed by atoms with Gasteiger partial charge >= 0.3 is 174 Å². The first kappa shape index (κ1) is 25.4. The molecule has 0 saturated heterocycles. The van der Waals surface area contributed by atoms with Gasteiger partial charge in [-0.15, -0.1) is 0 Å². The summed E-state index contributed by atoms with van der Waals surface area (Å²) < 4.78 is 5.90. The van der Waals surface area contributed by atoms with Crippen LogP contribution in [0.3, 0.4) is 0 Å². The zero-order valence-corrected chi connectivity index (χ0v) is 20.6. The maximum atomic E-state index is 10.6. The van der Waals surface area contributed by atoms with Gasteiger partial charge in [-0.05, 0) is 0 Å². The molecule has 0 radical (unpaired) electrons. The molecule has 0 saturated carbocycles. The van der Waals surface area contributed by atoms with E-state index in [4.69, 9.17) is 4.52 Å². The summed E-state index contributed by atoms with van der Waals surface area (Å²) in [4.78, 5) is 21.2. The Balaban J connectivity index is 2.76. The SMILES string of the molecule is CC(C)CCCCCCC[PH](O)(O)Oc1cccc(C(C)(C)C)c1C(C)(C)C. The van der Waals surface area contributed by atoms with Crippen LogP contribution in [-0.2, 0) is 10.8 Å². The minimum atomic E-state index is -3.72. The summed E-state index contributed by atoms with van der Waals surface area (Å²) in [6, 6.07) is 5.98.